The summed E-state index contributed by atoms with van der Waals surface area (Å²) in [5, 5.41) is 24.6. The zero-order chi connectivity index (χ0) is 16.6. The number of nitrogens with one attached hydrogen (secondary N) is 2. The van der Waals surface area contributed by atoms with Crippen LogP contribution in [0.15, 0.2) is 45.7 Å². The number of phenols is 1. The molecule has 118 valence electrons. The van der Waals surface area contributed by atoms with E-state index in [1.807, 2.05) is 6.07 Å². The van der Waals surface area contributed by atoms with Crippen LogP contribution in [0.4, 0.5) is 11.4 Å². The molecule has 23 heavy (non-hydrogen) atoms. The Balaban J connectivity index is 1.97. The van der Waals surface area contributed by atoms with Crippen LogP contribution in [0, 0.1) is 11.3 Å². The van der Waals surface area contributed by atoms with E-state index in [4.69, 9.17) is 16.9 Å². The van der Waals surface area contributed by atoms with Crippen molar-refractivity contribution in [3.63, 3.8) is 0 Å². The summed E-state index contributed by atoms with van der Waals surface area (Å²) in [7, 11) is -3.52. The van der Waals surface area contributed by atoms with E-state index in [9.17, 15) is 14.2 Å². The number of phenolic OH excluding ortho intramolecular Hbond substituents is 1. The van der Waals surface area contributed by atoms with Gasteiger partial charge >= 0.3 is 0 Å². The van der Waals surface area contributed by atoms with E-state index in [0.717, 1.165) is 0 Å². The second kappa shape index (κ2) is 5.64. The second-order valence-electron chi connectivity index (χ2n) is 4.70. The highest BCUT2D eigenvalue weighted by Gasteiger charge is 2.28. The molecule has 0 amide bonds. The van der Waals surface area contributed by atoms with E-state index in [1.54, 1.807) is 24.3 Å². The molecule has 0 aliphatic carbocycles. The van der Waals surface area contributed by atoms with Crippen molar-refractivity contribution in [3.8, 4) is 11.8 Å². The summed E-state index contributed by atoms with van der Waals surface area (Å²) in [5.74, 6) is -0.197. The van der Waals surface area contributed by atoms with Gasteiger partial charge in [-0.1, -0.05) is 28.4 Å². The number of fused-ring (bicyclic) bond motifs is 1. The highest BCUT2D eigenvalue weighted by Crippen LogP contribution is 2.57. The minimum atomic E-state index is -3.52. The Labute approximate surface area is 138 Å². The molecule has 0 spiro atoms. The highest BCUT2D eigenvalue weighted by atomic mass is 35.5. The molecule has 9 heteroatoms. The molecule has 0 saturated carbocycles. The molecule has 1 aliphatic rings. The first-order valence-corrected chi connectivity index (χ1v) is 8.22. The Morgan fingerprint density at radius 2 is 2.04 bits per heavy atom. The molecule has 5 N–H and O–H groups in total. The maximum absolute atomic E-state index is 10.2. The van der Waals surface area contributed by atoms with Gasteiger partial charge < -0.3 is 15.7 Å². The first-order chi connectivity index (χ1) is 10.9. The number of guanidine groups is 1. The number of nitriles is 1. The molecule has 0 bridgehead atoms. The SMILES string of the molecule is N#Cc1cccc(NC2=NS(O)(O)c3cc(Cl)cc(O)c3N2)c1. The van der Waals surface area contributed by atoms with E-state index in [2.05, 4.69) is 15.0 Å². The summed E-state index contributed by atoms with van der Waals surface area (Å²) >= 11 is 5.82. The minimum Gasteiger partial charge on any atom is -0.506 e. The Morgan fingerprint density at radius 1 is 1.26 bits per heavy atom. The molecule has 7 nitrogen and oxygen atoms in total. The van der Waals surface area contributed by atoms with Crippen LogP contribution in [-0.2, 0) is 0 Å². The minimum absolute atomic E-state index is 0.0128. The average Bonchev–Trinajstić information content (AvgIpc) is 2.48. The van der Waals surface area contributed by atoms with Crippen LogP contribution < -0.4 is 10.6 Å². The first kappa shape index (κ1) is 15.5. The van der Waals surface area contributed by atoms with Crippen molar-refractivity contribution in [2.75, 3.05) is 10.6 Å². The van der Waals surface area contributed by atoms with Crippen molar-refractivity contribution >= 4 is 39.7 Å². The van der Waals surface area contributed by atoms with Gasteiger partial charge in [-0.2, -0.15) is 5.26 Å². The number of hydrogen-bond donors (Lipinski definition) is 5. The molecular weight excluding hydrogens is 340 g/mol. The van der Waals surface area contributed by atoms with Gasteiger partial charge in [0.2, 0.25) is 5.96 Å². The third-order valence-electron chi connectivity index (χ3n) is 3.06. The number of aromatic hydroxyl groups is 1. The van der Waals surface area contributed by atoms with Crippen LogP contribution in [0.2, 0.25) is 5.02 Å². The second-order valence-corrected chi connectivity index (χ2v) is 6.80. The Hall–Kier alpha value is -2.44. The highest BCUT2D eigenvalue weighted by molar-refractivity contribution is 8.23. The van der Waals surface area contributed by atoms with Gasteiger partial charge in [0.1, 0.15) is 16.3 Å². The number of hydrogen-bond acceptors (Lipinski definition) is 7. The Kier molecular flexibility index (Phi) is 3.79. The van der Waals surface area contributed by atoms with Gasteiger partial charge in [0.25, 0.3) is 0 Å². The first-order valence-electron chi connectivity index (χ1n) is 6.34. The lowest BCUT2D eigenvalue weighted by Gasteiger charge is -2.34. The molecule has 0 aromatic heterocycles. The topological polar surface area (TPSA) is 121 Å². The van der Waals surface area contributed by atoms with Crippen molar-refractivity contribution in [2.45, 2.75) is 4.90 Å². The summed E-state index contributed by atoms with van der Waals surface area (Å²) in [6.45, 7) is 0. The van der Waals surface area contributed by atoms with Crippen LogP contribution in [0.25, 0.3) is 0 Å². The van der Waals surface area contributed by atoms with Crippen LogP contribution >= 0.6 is 22.4 Å². The van der Waals surface area contributed by atoms with Crippen LogP contribution in [-0.4, -0.2) is 20.2 Å². The van der Waals surface area contributed by atoms with Crippen molar-refractivity contribution in [1.82, 2.24) is 0 Å². The number of benzene rings is 2. The van der Waals surface area contributed by atoms with E-state index in [0.29, 0.717) is 11.3 Å². The summed E-state index contributed by atoms with van der Waals surface area (Å²) < 4.78 is 24.2. The van der Waals surface area contributed by atoms with Gasteiger partial charge in [-0.15, -0.1) is 4.40 Å². The lowest BCUT2D eigenvalue weighted by molar-refractivity contribution is 0.470. The largest absolute Gasteiger partial charge is 0.506 e. The summed E-state index contributed by atoms with van der Waals surface area (Å²) in [6.07, 6.45) is 0. The number of anilines is 2. The van der Waals surface area contributed by atoms with Crippen molar-refractivity contribution in [2.24, 2.45) is 4.40 Å². The fourth-order valence-corrected chi connectivity index (χ4v) is 3.52. The summed E-state index contributed by atoms with van der Waals surface area (Å²) in [6, 6.07) is 11.2. The van der Waals surface area contributed by atoms with E-state index >= 15 is 0 Å². The lowest BCUT2D eigenvalue weighted by Crippen LogP contribution is -2.27. The molecular formula is C14H11ClN4O3S. The molecule has 0 atom stereocenters. The van der Waals surface area contributed by atoms with Gasteiger partial charge in [0.05, 0.1) is 11.6 Å². The van der Waals surface area contributed by atoms with Crippen molar-refractivity contribution < 1.29 is 14.2 Å². The predicted molar refractivity (Wildman–Crippen MR) is 90.1 cm³/mol. The van der Waals surface area contributed by atoms with E-state index in [1.165, 1.54) is 12.1 Å². The molecule has 0 unspecified atom stereocenters. The average molecular weight is 351 g/mol. The maximum Gasteiger partial charge on any atom is 0.223 e. The van der Waals surface area contributed by atoms with Crippen LogP contribution in [0.1, 0.15) is 5.56 Å². The van der Waals surface area contributed by atoms with E-state index < -0.39 is 10.8 Å². The van der Waals surface area contributed by atoms with Crippen molar-refractivity contribution in [1.29, 1.82) is 5.26 Å². The van der Waals surface area contributed by atoms with Gasteiger partial charge in [0.15, 0.2) is 0 Å². The standard InChI is InChI=1S/C14H11ClN4O3S/c15-9-5-11(20)13-12(6-9)23(21,22)19-14(18-13)17-10-3-1-2-8(4-10)7-16/h1-6,20-22H,(H2,17,18,19). The normalized spacial score (nSPS) is 16.3. The number of nitrogens with zero attached hydrogens (tertiary/aromatic N) is 2. The molecule has 1 heterocycles. The fourth-order valence-electron chi connectivity index (χ4n) is 2.08. The van der Waals surface area contributed by atoms with Gasteiger partial charge in [0, 0.05) is 16.8 Å². The maximum atomic E-state index is 10.2. The smallest absolute Gasteiger partial charge is 0.223 e. The lowest BCUT2D eigenvalue weighted by atomic mass is 10.2. The van der Waals surface area contributed by atoms with E-state index in [-0.39, 0.29) is 27.3 Å². The molecule has 1 aliphatic heterocycles. The monoisotopic (exact) mass is 350 g/mol. The zero-order valence-corrected chi connectivity index (χ0v) is 13.1. The predicted octanol–water partition coefficient (Wildman–Crippen LogP) is 3.84. The molecule has 0 radical (unpaired) electrons. The van der Waals surface area contributed by atoms with Gasteiger partial charge in [-0.3, -0.25) is 9.11 Å². The van der Waals surface area contributed by atoms with Crippen LogP contribution in [0.3, 0.4) is 0 Å². The van der Waals surface area contributed by atoms with Gasteiger partial charge in [-0.25, -0.2) is 0 Å². The summed E-state index contributed by atoms with van der Waals surface area (Å²) in [5.41, 5.74) is 1.08. The molecule has 2 aromatic carbocycles. The third-order valence-corrected chi connectivity index (χ3v) is 4.63. The van der Waals surface area contributed by atoms with Gasteiger partial charge in [-0.05, 0) is 24.3 Å². The fraction of sp³-hybridized carbons (Fsp3) is 0. The quantitative estimate of drug-likeness (QED) is 0.498. The molecule has 3 rings (SSSR count). The van der Waals surface area contributed by atoms with Crippen molar-refractivity contribution in [3.05, 3.63) is 47.0 Å². The Bertz CT molecular complexity index is 864. The zero-order valence-electron chi connectivity index (χ0n) is 11.5. The molecule has 0 fully saturated rings. The number of rotatable bonds is 1. The van der Waals surface area contributed by atoms with Crippen LogP contribution in [0.5, 0.6) is 5.75 Å². The summed E-state index contributed by atoms with van der Waals surface area (Å²) in [4.78, 5) is 0.0128. The number of halogens is 1. The third kappa shape index (κ3) is 3.04. The molecule has 0 saturated heterocycles. The Morgan fingerprint density at radius 3 is 2.78 bits per heavy atom. The molecule has 2 aromatic rings.